The first-order valence-electron chi connectivity index (χ1n) is 8.48. The van der Waals surface area contributed by atoms with Gasteiger partial charge in [-0.05, 0) is 26.0 Å². The summed E-state index contributed by atoms with van der Waals surface area (Å²) in [4.78, 5) is 38.8. The number of anilines is 1. The largest absolute Gasteiger partial charge is 0.491 e. The fraction of sp³-hybridized carbons (Fsp3) is 0.235. The molecule has 0 unspecified atom stereocenters. The summed E-state index contributed by atoms with van der Waals surface area (Å²) in [7, 11) is -4.42. The summed E-state index contributed by atoms with van der Waals surface area (Å²) < 4.78 is 35.4. The lowest BCUT2D eigenvalue weighted by Crippen LogP contribution is -2.13. The van der Waals surface area contributed by atoms with Gasteiger partial charge in [0.1, 0.15) is 18.1 Å². The predicted molar refractivity (Wildman–Crippen MR) is 110 cm³/mol. The number of halogens is 1. The number of nitrogens with zero attached hydrogens (tertiary/aromatic N) is 2. The Bertz CT molecular complexity index is 1100. The molecule has 0 aliphatic rings. The van der Waals surface area contributed by atoms with Gasteiger partial charge in [0, 0.05) is 17.8 Å². The summed E-state index contributed by atoms with van der Waals surface area (Å²) in [6, 6.07) is 4.58. The second-order valence-corrected chi connectivity index (χ2v) is 10.1. The van der Waals surface area contributed by atoms with Crippen LogP contribution in [-0.4, -0.2) is 31.8 Å². The second-order valence-electron chi connectivity index (χ2n) is 6.23. The standard InChI is InChI=1S/C17H17FN3O6PS2/c1-9(2)27-12-4-10(15(22)21-16-19-7-14(18)30-16)3-11(5-12)26-8-13-6-20-17(29-13)28(23,24)25/h3-7,9H,8H2,1-2H3,(H,19,21,22)(H2,23,24,25). The first kappa shape index (κ1) is 22.3. The minimum absolute atomic E-state index is 0.0124. The number of thiazole rings is 2. The zero-order chi connectivity index (χ0) is 21.9. The molecule has 2 heterocycles. The van der Waals surface area contributed by atoms with Crippen LogP contribution in [0.2, 0.25) is 0 Å². The number of nitrogens with one attached hydrogen (secondary N) is 1. The van der Waals surface area contributed by atoms with Crippen molar-refractivity contribution >= 4 is 46.1 Å². The van der Waals surface area contributed by atoms with Crippen LogP contribution < -0.4 is 19.5 Å². The van der Waals surface area contributed by atoms with Gasteiger partial charge in [-0.2, -0.15) is 4.39 Å². The third-order valence-electron chi connectivity index (χ3n) is 3.38. The van der Waals surface area contributed by atoms with Gasteiger partial charge in [-0.25, -0.2) is 9.97 Å². The molecule has 0 aliphatic heterocycles. The highest BCUT2D eigenvalue weighted by molar-refractivity contribution is 7.66. The molecule has 2 aromatic heterocycles. The van der Waals surface area contributed by atoms with Crippen LogP contribution in [-0.2, 0) is 11.2 Å². The van der Waals surface area contributed by atoms with E-state index < -0.39 is 18.6 Å². The highest BCUT2D eigenvalue weighted by Gasteiger charge is 2.22. The smallest absolute Gasteiger partial charge is 0.384 e. The Labute approximate surface area is 178 Å². The highest BCUT2D eigenvalue weighted by atomic mass is 32.1. The van der Waals surface area contributed by atoms with E-state index in [1.54, 1.807) is 6.07 Å². The minimum atomic E-state index is -4.42. The molecule has 9 nitrogen and oxygen atoms in total. The normalized spacial score (nSPS) is 11.5. The number of benzene rings is 1. The van der Waals surface area contributed by atoms with Crippen molar-refractivity contribution in [3.63, 3.8) is 0 Å². The van der Waals surface area contributed by atoms with Gasteiger partial charge < -0.3 is 19.3 Å². The Balaban J connectivity index is 1.78. The summed E-state index contributed by atoms with van der Waals surface area (Å²) in [5.74, 6) is 0.165. The van der Waals surface area contributed by atoms with Crippen LogP contribution in [0.5, 0.6) is 11.5 Å². The van der Waals surface area contributed by atoms with Gasteiger partial charge in [0.15, 0.2) is 10.3 Å². The first-order valence-corrected chi connectivity index (χ1v) is 11.7. The average molecular weight is 473 g/mol. The number of carbonyl (C=O) groups is 1. The van der Waals surface area contributed by atoms with Gasteiger partial charge in [0.25, 0.3) is 5.91 Å². The van der Waals surface area contributed by atoms with Crippen molar-refractivity contribution in [3.05, 3.63) is 46.2 Å². The summed E-state index contributed by atoms with van der Waals surface area (Å²) in [5.41, 5.74) is 0.207. The van der Waals surface area contributed by atoms with E-state index in [4.69, 9.17) is 19.3 Å². The lowest BCUT2D eigenvalue weighted by Gasteiger charge is -2.14. The van der Waals surface area contributed by atoms with Crippen LogP contribution in [0.25, 0.3) is 0 Å². The maximum atomic E-state index is 13.1. The third kappa shape index (κ3) is 6.07. The SMILES string of the molecule is CC(C)Oc1cc(OCc2cnc(P(=O)(O)O)s2)cc(C(=O)Nc2ncc(F)s2)c1. The van der Waals surface area contributed by atoms with Crippen LogP contribution in [0, 0.1) is 5.13 Å². The first-order chi connectivity index (χ1) is 14.1. The van der Waals surface area contributed by atoms with E-state index in [-0.39, 0.29) is 28.2 Å². The zero-order valence-corrected chi connectivity index (χ0v) is 18.3. The van der Waals surface area contributed by atoms with Gasteiger partial charge in [0.2, 0.25) is 4.75 Å². The van der Waals surface area contributed by atoms with Gasteiger partial charge in [0.05, 0.1) is 17.2 Å². The number of carbonyl (C=O) groups excluding carboxylic acids is 1. The maximum Gasteiger partial charge on any atom is 0.384 e. The Kier molecular flexibility index (Phi) is 6.84. The topological polar surface area (TPSA) is 131 Å². The summed E-state index contributed by atoms with van der Waals surface area (Å²) in [6.07, 6.45) is 2.17. The fourth-order valence-electron chi connectivity index (χ4n) is 2.26. The molecule has 160 valence electrons. The van der Waals surface area contributed by atoms with Crippen LogP contribution in [0.4, 0.5) is 9.52 Å². The number of hydrogen-bond donors (Lipinski definition) is 3. The molecule has 0 atom stereocenters. The molecule has 0 bridgehead atoms. The van der Waals surface area contributed by atoms with Crippen molar-refractivity contribution in [2.24, 2.45) is 0 Å². The highest BCUT2D eigenvalue weighted by Crippen LogP contribution is 2.35. The summed E-state index contributed by atoms with van der Waals surface area (Å²) in [6.45, 7) is 3.64. The Morgan fingerprint density at radius 1 is 1.20 bits per heavy atom. The predicted octanol–water partition coefficient (Wildman–Crippen LogP) is 3.16. The lowest BCUT2D eigenvalue weighted by molar-refractivity contribution is 0.102. The molecule has 1 amide bonds. The van der Waals surface area contributed by atoms with Gasteiger partial charge >= 0.3 is 7.60 Å². The van der Waals surface area contributed by atoms with E-state index in [0.29, 0.717) is 27.7 Å². The molecular formula is C17H17FN3O6PS2. The van der Waals surface area contributed by atoms with E-state index >= 15 is 0 Å². The van der Waals surface area contributed by atoms with Crippen LogP contribution in [0.1, 0.15) is 29.1 Å². The zero-order valence-electron chi connectivity index (χ0n) is 15.7. The molecule has 0 saturated heterocycles. The van der Waals surface area contributed by atoms with Crippen molar-refractivity contribution in [2.45, 2.75) is 26.6 Å². The Hall–Kier alpha value is -2.37. The number of amides is 1. The fourth-order valence-corrected chi connectivity index (χ4v) is 4.40. The van der Waals surface area contributed by atoms with Crippen molar-refractivity contribution in [1.29, 1.82) is 0 Å². The van der Waals surface area contributed by atoms with E-state index in [0.717, 1.165) is 17.5 Å². The second kappa shape index (κ2) is 9.19. The third-order valence-corrected chi connectivity index (χ3v) is 6.46. The molecule has 0 radical (unpaired) electrons. The van der Waals surface area contributed by atoms with Crippen LogP contribution in [0.3, 0.4) is 0 Å². The summed E-state index contributed by atoms with van der Waals surface area (Å²) in [5, 5.41) is 2.10. The van der Waals surface area contributed by atoms with Gasteiger partial charge in [-0.1, -0.05) is 11.3 Å². The van der Waals surface area contributed by atoms with Crippen LogP contribution >= 0.6 is 30.3 Å². The van der Waals surface area contributed by atoms with Crippen LogP contribution in [0.15, 0.2) is 30.6 Å². The molecular weight excluding hydrogens is 456 g/mol. The van der Waals surface area contributed by atoms with Crippen molar-refractivity contribution in [1.82, 2.24) is 9.97 Å². The van der Waals surface area contributed by atoms with E-state index in [9.17, 15) is 13.8 Å². The molecule has 30 heavy (non-hydrogen) atoms. The Morgan fingerprint density at radius 2 is 1.93 bits per heavy atom. The maximum absolute atomic E-state index is 13.1. The molecule has 0 aliphatic carbocycles. The molecule has 0 spiro atoms. The minimum Gasteiger partial charge on any atom is -0.491 e. The molecule has 1 aromatic carbocycles. The van der Waals surface area contributed by atoms with Gasteiger partial charge in [-0.15, -0.1) is 11.3 Å². The summed E-state index contributed by atoms with van der Waals surface area (Å²) >= 11 is 1.54. The van der Waals surface area contributed by atoms with E-state index in [2.05, 4.69) is 15.3 Å². The Morgan fingerprint density at radius 3 is 2.53 bits per heavy atom. The molecule has 3 aromatic rings. The monoisotopic (exact) mass is 473 g/mol. The molecule has 0 saturated carbocycles. The quantitative estimate of drug-likeness (QED) is 0.425. The van der Waals surface area contributed by atoms with Crippen molar-refractivity contribution < 1.29 is 33.0 Å². The lowest BCUT2D eigenvalue weighted by atomic mass is 10.2. The number of ether oxygens (including phenoxy) is 2. The molecule has 3 N–H and O–H groups in total. The number of hydrogen-bond acceptors (Lipinski definition) is 8. The average Bonchev–Trinajstić information content (AvgIpc) is 3.28. The van der Waals surface area contributed by atoms with E-state index in [1.807, 2.05) is 13.8 Å². The molecule has 0 fully saturated rings. The van der Waals surface area contributed by atoms with Gasteiger partial charge in [-0.3, -0.25) is 14.7 Å². The molecule has 3 rings (SSSR count). The molecule has 13 heteroatoms. The number of rotatable bonds is 8. The number of aromatic nitrogens is 2. The van der Waals surface area contributed by atoms with E-state index in [1.165, 1.54) is 18.3 Å². The van der Waals surface area contributed by atoms with Crippen molar-refractivity contribution in [3.8, 4) is 11.5 Å². The van der Waals surface area contributed by atoms with Crippen molar-refractivity contribution in [2.75, 3.05) is 5.32 Å².